The number of nitrogens with zero attached hydrogens (tertiary/aromatic N) is 7. The maximum Gasteiger partial charge on any atom is 0.274 e. The van der Waals surface area contributed by atoms with E-state index in [4.69, 9.17) is 0 Å². The van der Waals surface area contributed by atoms with Gasteiger partial charge in [-0.3, -0.25) is 4.79 Å². The highest BCUT2D eigenvalue weighted by molar-refractivity contribution is 5.92. The van der Waals surface area contributed by atoms with Gasteiger partial charge in [0.05, 0.1) is 5.69 Å². The molecule has 8 nitrogen and oxygen atoms in total. The number of carbonyl (C=O) groups is 1. The maximum atomic E-state index is 13.0. The lowest BCUT2D eigenvalue weighted by Gasteiger charge is -2.27. The monoisotopic (exact) mass is 435 g/mol. The number of aromatic nitrogens is 4. The number of hydrogen-bond donors (Lipinski definition) is 0. The molecule has 8 heteroatoms. The molecule has 3 fully saturated rings. The topological polar surface area (TPSA) is 78.4 Å². The van der Waals surface area contributed by atoms with Crippen molar-refractivity contribution in [2.45, 2.75) is 45.4 Å². The average molecular weight is 436 g/mol. The van der Waals surface area contributed by atoms with Gasteiger partial charge < -0.3 is 14.7 Å². The molecule has 2 atom stereocenters. The van der Waals surface area contributed by atoms with Crippen LogP contribution in [0.3, 0.4) is 0 Å². The van der Waals surface area contributed by atoms with Crippen LogP contribution in [0, 0.1) is 11.8 Å². The summed E-state index contributed by atoms with van der Waals surface area (Å²) >= 11 is 0. The summed E-state index contributed by atoms with van der Waals surface area (Å²) in [7, 11) is 0. The van der Waals surface area contributed by atoms with Crippen LogP contribution >= 0.6 is 0 Å². The number of rotatable bonds is 3. The van der Waals surface area contributed by atoms with Crippen molar-refractivity contribution in [1.29, 1.82) is 0 Å². The molecular formula is C24H33N7O. The van der Waals surface area contributed by atoms with Crippen LogP contribution < -0.4 is 9.80 Å². The smallest absolute Gasteiger partial charge is 0.274 e. The highest BCUT2D eigenvalue weighted by Crippen LogP contribution is 2.34. The summed E-state index contributed by atoms with van der Waals surface area (Å²) < 4.78 is 0. The van der Waals surface area contributed by atoms with Gasteiger partial charge in [0.1, 0.15) is 0 Å². The highest BCUT2D eigenvalue weighted by atomic mass is 16.2. The first-order chi connectivity index (χ1) is 15.4. The van der Waals surface area contributed by atoms with E-state index in [9.17, 15) is 4.79 Å². The highest BCUT2D eigenvalue weighted by Gasteiger charge is 2.42. The Morgan fingerprint density at radius 3 is 1.97 bits per heavy atom. The summed E-state index contributed by atoms with van der Waals surface area (Å²) in [4.78, 5) is 19.5. The molecule has 3 aliphatic heterocycles. The minimum atomic E-state index is -0.00188. The Balaban J connectivity index is 1.18. The molecule has 5 rings (SSSR count). The molecule has 0 aromatic carbocycles. The molecule has 0 saturated carbocycles. The van der Waals surface area contributed by atoms with Crippen molar-refractivity contribution in [3.63, 3.8) is 0 Å². The van der Waals surface area contributed by atoms with E-state index in [2.05, 4.69) is 63.1 Å². The van der Waals surface area contributed by atoms with E-state index >= 15 is 0 Å². The molecule has 32 heavy (non-hydrogen) atoms. The van der Waals surface area contributed by atoms with Crippen LogP contribution in [0.25, 0.3) is 0 Å². The Bertz CT molecular complexity index is 934. The Morgan fingerprint density at radius 1 is 0.781 bits per heavy atom. The molecule has 2 aromatic rings. The second-order valence-electron chi connectivity index (χ2n) is 10.5. The largest absolute Gasteiger partial charge is 0.355 e. The summed E-state index contributed by atoms with van der Waals surface area (Å²) in [5, 5.41) is 17.5. The third-order valence-corrected chi connectivity index (χ3v) is 7.07. The van der Waals surface area contributed by atoms with E-state index in [0.29, 0.717) is 17.5 Å². The van der Waals surface area contributed by atoms with Gasteiger partial charge in [-0.15, -0.1) is 15.3 Å². The van der Waals surface area contributed by atoms with Crippen LogP contribution in [0.1, 0.15) is 56.2 Å². The Labute approximate surface area is 190 Å². The van der Waals surface area contributed by atoms with Crippen molar-refractivity contribution in [2.75, 3.05) is 49.1 Å². The molecule has 2 unspecified atom stereocenters. The lowest BCUT2D eigenvalue weighted by Crippen LogP contribution is -2.34. The lowest BCUT2D eigenvalue weighted by molar-refractivity contribution is 0.0775. The third-order valence-electron chi connectivity index (χ3n) is 7.07. The van der Waals surface area contributed by atoms with Crippen molar-refractivity contribution in [3.05, 3.63) is 35.7 Å². The predicted octanol–water partition coefficient (Wildman–Crippen LogP) is 2.76. The molecule has 0 bridgehead atoms. The van der Waals surface area contributed by atoms with Gasteiger partial charge in [-0.25, -0.2) is 0 Å². The first-order valence-electron chi connectivity index (χ1n) is 11.9. The van der Waals surface area contributed by atoms with Gasteiger partial charge in [0.15, 0.2) is 17.3 Å². The van der Waals surface area contributed by atoms with Crippen LogP contribution in [0.5, 0.6) is 0 Å². The molecule has 0 aliphatic carbocycles. The van der Waals surface area contributed by atoms with Crippen LogP contribution in [0.2, 0.25) is 0 Å². The summed E-state index contributed by atoms with van der Waals surface area (Å²) in [6, 6.07) is 7.95. The number of anilines is 2. The molecule has 0 radical (unpaired) electrons. The Morgan fingerprint density at radius 2 is 1.41 bits per heavy atom. The zero-order valence-electron chi connectivity index (χ0n) is 19.4. The molecule has 0 spiro atoms. The minimum Gasteiger partial charge on any atom is -0.355 e. The van der Waals surface area contributed by atoms with Crippen molar-refractivity contribution in [2.24, 2.45) is 11.8 Å². The summed E-state index contributed by atoms with van der Waals surface area (Å²) in [5.41, 5.74) is 1.46. The van der Waals surface area contributed by atoms with Crippen LogP contribution in [0.4, 0.5) is 11.6 Å². The van der Waals surface area contributed by atoms with E-state index in [1.807, 2.05) is 17.0 Å². The first-order valence-corrected chi connectivity index (χ1v) is 11.9. The minimum absolute atomic E-state index is 0.00188. The first kappa shape index (κ1) is 21.1. The van der Waals surface area contributed by atoms with E-state index in [1.54, 1.807) is 0 Å². The van der Waals surface area contributed by atoms with E-state index in [0.717, 1.165) is 56.6 Å². The molecule has 3 aliphatic rings. The predicted molar refractivity (Wildman–Crippen MR) is 124 cm³/mol. The van der Waals surface area contributed by atoms with Crippen molar-refractivity contribution >= 4 is 17.5 Å². The molecule has 0 N–H and O–H groups in total. The fourth-order valence-corrected chi connectivity index (χ4v) is 5.13. The summed E-state index contributed by atoms with van der Waals surface area (Å²) in [6.45, 7) is 11.9. The van der Waals surface area contributed by atoms with Gasteiger partial charge in [0.25, 0.3) is 5.91 Å². The number of carbonyl (C=O) groups excluding carboxylic acids is 1. The lowest BCUT2D eigenvalue weighted by atomic mass is 9.92. The number of amides is 1. The van der Waals surface area contributed by atoms with Gasteiger partial charge in [-0.2, -0.15) is 5.10 Å². The maximum absolute atomic E-state index is 13.0. The summed E-state index contributed by atoms with van der Waals surface area (Å²) in [6.07, 6.45) is 3.68. The standard InChI is InChI=1S/C24H33N7O/c1-24(2,3)20-8-10-22(28-26-20)30-13-17-15-31(16-18(17)14-30)23(32)19-7-9-21(27-25-19)29-11-5-4-6-12-29/h7-10,17-18H,4-6,11-16H2,1-3H3. The van der Waals surface area contributed by atoms with Crippen LogP contribution in [0.15, 0.2) is 24.3 Å². The van der Waals surface area contributed by atoms with Gasteiger partial charge in [-0.05, 0) is 43.5 Å². The van der Waals surface area contributed by atoms with E-state index in [1.165, 1.54) is 19.3 Å². The van der Waals surface area contributed by atoms with Crippen molar-refractivity contribution < 1.29 is 4.79 Å². The van der Waals surface area contributed by atoms with E-state index in [-0.39, 0.29) is 11.3 Å². The molecule has 2 aromatic heterocycles. The molecule has 170 valence electrons. The number of piperidine rings is 1. The normalized spacial score (nSPS) is 23.5. The van der Waals surface area contributed by atoms with E-state index < -0.39 is 0 Å². The number of likely N-dealkylation sites (tertiary alicyclic amines) is 1. The second-order valence-corrected chi connectivity index (χ2v) is 10.5. The number of hydrogen-bond acceptors (Lipinski definition) is 7. The van der Waals surface area contributed by atoms with Gasteiger partial charge >= 0.3 is 0 Å². The second kappa shape index (κ2) is 8.30. The SMILES string of the molecule is CC(C)(C)c1ccc(N2CC3CN(C(=O)c4ccc(N5CCCCC5)nn4)CC3C2)nn1. The Kier molecular flexibility index (Phi) is 5.47. The fraction of sp³-hybridized carbons (Fsp3) is 0.625. The zero-order chi connectivity index (χ0) is 22.3. The molecule has 3 saturated heterocycles. The molecule has 5 heterocycles. The molecular weight excluding hydrogens is 402 g/mol. The third kappa shape index (κ3) is 4.14. The van der Waals surface area contributed by atoms with Crippen LogP contribution in [-0.4, -0.2) is 70.5 Å². The van der Waals surface area contributed by atoms with Gasteiger partial charge in [0, 0.05) is 56.5 Å². The molecule has 1 amide bonds. The fourth-order valence-electron chi connectivity index (χ4n) is 5.13. The van der Waals surface area contributed by atoms with Crippen LogP contribution in [-0.2, 0) is 5.41 Å². The summed E-state index contributed by atoms with van der Waals surface area (Å²) in [5.74, 6) is 2.74. The van der Waals surface area contributed by atoms with Gasteiger partial charge in [-0.1, -0.05) is 20.8 Å². The zero-order valence-corrected chi connectivity index (χ0v) is 19.4. The van der Waals surface area contributed by atoms with Crippen molar-refractivity contribution in [3.8, 4) is 0 Å². The number of fused-ring (bicyclic) bond motifs is 1. The van der Waals surface area contributed by atoms with Crippen molar-refractivity contribution in [1.82, 2.24) is 25.3 Å². The average Bonchev–Trinajstić information content (AvgIpc) is 3.38. The quantitative estimate of drug-likeness (QED) is 0.733. The Hall–Kier alpha value is -2.77. The van der Waals surface area contributed by atoms with Gasteiger partial charge in [0.2, 0.25) is 0 Å².